The van der Waals surface area contributed by atoms with Gasteiger partial charge in [0, 0.05) is 9.13 Å². The second-order valence-electron chi connectivity index (χ2n) is 8.45. The molecule has 1 saturated carbocycles. The third-order valence-electron chi connectivity index (χ3n) is 6.03. The molecule has 0 atom stereocenters. The standard InChI is InChI=1S/C26H27FIN3O/c27-21-11-9-20(10-12-21)24-17-29-26(23(30-24)15-8-18-4-2-1-3-5-18)31-25(32)16-19-6-13-22(28)14-7-19/h6-7,9-14,17-18H,1-5,8,15-16H2,(H,29,31,32). The van der Waals surface area contributed by atoms with E-state index in [0.717, 1.165) is 33.2 Å². The summed E-state index contributed by atoms with van der Waals surface area (Å²) in [5.41, 5.74) is 3.27. The molecule has 6 heteroatoms. The van der Waals surface area contributed by atoms with Gasteiger partial charge in [-0.15, -0.1) is 0 Å². The molecule has 1 N–H and O–H groups in total. The molecule has 0 saturated heterocycles. The average Bonchev–Trinajstić information content (AvgIpc) is 2.81. The van der Waals surface area contributed by atoms with Crippen molar-refractivity contribution in [2.45, 2.75) is 51.4 Å². The Balaban J connectivity index is 1.52. The summed E-state index contributed by atoms with van der Waals surface area (Å²) in [6.45, 7) is 0. The minimum absolute atomic E-state index is 0.103. The van der Waals surface area contributed by atoms with E-state index in [2.05, 4.69) is 32.9 Å². The van der Waals surface area contributed by atoms with E-state index in [1.165, 1.54) is 44.2 Å². The van der Waals surface area contributed by atoms with E-state index in [9.17, 15) is 9.18 Å². The first-order valence-corrected chi connectivity index (χ1v) is 12.3. The quantitative estimate of drug-likeness (QED) is 0.343. The number of aryl methyl sites for hydroxylation is 1. The van der Waals surface area contributed by atoms with Crippen LogP contribution in [0.15, 0.2) is 54.7 Å². The number of nitrogens with zero attached hydrogens (tertiary/aromatic N) is 2. The van der Waals surface area contributed by atoms with Crippen LogP contribution in [0, 0.1) is 15.3 Å². The van der Waals surface area contributed by atoms with Gasteiger partial charge in [0.05, 0.1) is 24.0 Å². The normalized spacial score (nSPS) is 14.3. The summed E-state index contributed by atoms with van der Waals surface area (Å²) < 4.78 is 14.5. The lowest BCUT2D eigenvalue weighted by molar-refractivity contribution is -0.115. The number of carbonyl (C=O) groups excluding carboxylic acids is 1. The Morgan fingerprint density at radius 2 is 1.75 bits per heavy atom. The largest absolute Gasteiger partial charge is 0.309 e. The van der Waals surface area contributed by atoms with Crippen molar-refractivity contribution in [3.8, 4) is 11.3 Å². The van der Waals surface area contributed by atoms with Gasteiger partial charge in [-0.2, -0.15) is 0 Å². The van der Waals surface area contributed by atoms with Gasteiger partial charge in [0.15, 0.2) is 5.82 Å². The Labute approximate surface area is 202 Å². The first kappa shape index (κ1) is 22.8. The maximum atomic E-state index is 13.3. The second-order valence-corrected chi connectivity index (χ2v) is 9.70. The maximum Gasteiger partial charge on any atom is 0.229 e. The first-order valence-electron chi connectivity index (χ1n) is 11.2. The predicted octanol–water partition coefficient (Wildman–Crippen LogP) is 6.58. The van der Waals surface area contributed by atoms with E-state index >= 15 is 0 Å². The zero-order chi connectivity index (χ0) is 22.3. The van der Waals surface area contributed by atoms with Gasteiger partial charge in [-0.3, -0.25) is 4.79 Å². The molecule has 4 nitrogen and oxygen atoms in total. The van der Waals surface area contributed by atoms with Crippen molar-refractivity contribution >= 4 is 34.3 Å². The maximum absolute atomic E-state index is 13.3. The summed E-state index contributed by atoms with van der Waals surface area (Å²) >= 11 is 2.25. The molecule has 0 aliphatic heterocycles. The number of carbonyl (C=O) groups is 1. The minimum atomic E-state index is -0.279. The molecule has 2 aromatic carbocycles. The van der Waals surface area contributed by atoms with E-state index in [-0.39, 0.29) is 11.7 Å². The van der Waals surface area contributed by atoms with E-state index < -0.39 is 0 Å². The summed E-state index contributed by atoms with van der Waals surface area (Å²) in [7, 11) is 0. The summed E-state index contributed by atoms with van der Waals surface area (Å²) in [6.07, 6.45) is 10.2. The molecule has 32 heavy (non-hydrogen) atoms. The molecule has 0 spiro atoms. The minimum Gasteiger partial charge on any atom is -0.309 e. The molecule has 1 heterocycles. The first-order chi connectivity index (χ1) is 15.6. The van der Waals surface area contributed by atoms with Crippen LogP contribution in [0.3, 0.4) is 0 Å². The van der Waals surface area contributed by atoms with Crippen molar-refractivity contribution in [1.82, 2.24) is 9.97 Å². The van der Waals surface area contributed by atoms with Crippen LogP contribution < -0.4 is 5.32 Å². The Hall–Kier alpha value is -2.35. The zero-order valence-corrected chi connectivity index (χ0v) is 20.1. The van der Waals surface area contributed by atoms with Crippen molar-refractivity contribution in [1.29, 1.82) is 0 Å². The van der Waals surface area contributed by atoms with Crippen molar-refractivity contribution in [3.63, 3.8) is 0 Å². The van der Waals surface area contributed by atoms with Gasteiger partial charge in [0.2, 0.25) is 5.91 Å². The van der Waals surface area contributed by atoms with Crippen LogP contribution in [0.2, 0.25) is 0 Å². The molecular weight excluding hydrogens is 516 g/mol. The fraction of sp³-hybridized carbons (Fsp3) is 0.346. The fourth-order valence-corrected chi connectivity index (χ4v) is 4.61. The van der Waals surface area contributed by atoms with Gasteiger partial charge >= 0.3 is 0 Å². The van der Waals surface area contributed by atoms with E-state index in [1.54, 1.807) is 18.3 Å². The highest BCUT2D eigenvalue weighted by atomic mass is 127. The number of benzene rings is 2. The Morgan fingerprint density at radius 3 is 2.47 bits per heavy atom. The van der Waals surface area contributed by atoms with Gasteiger partial charge in [-0.1, -0.05) is 44.2 Å². The fourth-order valence-electron chi connectivity index (χ4n) is 4.25. The Morgan fingerprint density at radius 1 is 1.03 bits per heavy atom. The molecule has 0 bridgehead atoms. The van der Waals surface area contributed by atoms with Crippen LogP contribution in [0.1, 0.15) is 49.8 Å². The van der Waals surface area contributed by atoms with Crippen LogP contribution in [0.5, 0.6) is 0 Å². The van der Waals surface area contributed by atoms with E-state index in [4.69, 9.17) is 4.98 Å². The molecule has 0 unspecified atom stereocenters. The molecule has 166 valence electrons. The van der Waals surface area contributed by atoms with Crippen LogP contribution in [0.25, 0.3) is 11.3 Å². The summed E-state index contributed by atoms with van der Waals surface area (Å²) in [5.74, 6) is 0.852. The number of halogens is 2. The van der Waals surface area contributed by atoms with Crippen molar-refractivity contribution < 1.29 is 9.18 Å². The molecule has 1 fully saturated rings. The lowest BCUT2D eigenvalue weighted by atomic mass is 9.86. The second kappa shape index (κ2) is 11.0. The number of amides is 1. The van der Waals surface area contributed by atoms with Crippen LogP contribution in [-0.4, -0.2) is 15.9 Å². The monoisotopic (exact) mass is 543 g/mol. The van der Waals surface area contributed by atoms with Gasteiger partial charge in [0.1, 0.15) is 5.82 Å². The number of anilines is 1. The number of aromatic nitrogens is 2. The smallest absolute Gasteiger partial charge is 0.229 e. The SMILES string of the molecule is O=C(Cc1ccc(I)cc1)Nc1ncc(-c2ccc(F)cc2)nc1CCC1CCCCC1. The van der Waals surface area contributed by atoms with Crippen molar-refractivity contribution in [2.75, 3.05) is 5.32 Å². The molecule has 3 aromatic rings. The molecule has 1 aliphatic rings. The molecule has 1 aliphatic carbocycles. The number of rotatable bonds is 7. The third kappa shape index (κ3) is 6.34. The number of nitrogens with one attached hydrogen (secondary N) is 1. The van der Waals surface area contributed by atoms with E-state index in [1.807, 2.05) is 24.3 Å². The van der Waals surface area contributed by atoms with Gasteiger partial charge in [-0.25, -0.2) is 14.4 Å². The van der Waals surface area contributed by atoms with Crippen molar-refractivity contribution in [3.05, 3.63) is 75.4 Å². The number of hydrogen-bond acceptors (Lipinski definition) is 3. The molecule has 0 radical (unpaired) electrons. The Bertz CT molecular complexity index is 1050. The lowest BCUT2D eigenvalue weighted by Crippen LogP contribution is -2.18. The van der Waals surface area contributed by atoms with Crippen LogP contribution in [-0.2, 0) is 17.6 Å². The highest BCUT2D eigenvalue weighted by Crippen LogP contribution is 2.29. The number of hydrogen-bond donors (Lipinski definition) is 1. The molecule has 1 aromatic heterocycles. The van der Waals surface area contributed by atoms with Crippen molar-refractivity contribution in [2.24, 2.45) is 5.92 Å². The molecular formula is C26H27FIN3O. The predicted molar refractivity (Wildman–Crippen MR) is 134 cm³/mol. The summed E-state index contributed by atoms with van der Waals surface area (Å²) in [4.78, 5) is 22.1. The average molecular weight is 543 g/mol. The highest BCUT2D eigenvalue weighted by molar-refractivity contribution is 14.1. The summed E-state index contributed by atoms with van der Waals surface area (Å²) in [6, 6.07) is 14.2. The molecule has 1 amide bonds. The summed E-state index contributed by atoms with van der Waals surface area (Å²) in [5, 5.41) is 2.97. The molecule has 4 rings (SSSR count). The highest BCUT2D eigenvalue weighted by Gasteiger charge is 2.17. The topological polar surface area (TPSA) is 54.9 Å². The van der Waals surface area contributed by atoms with Crippen LogP contribution in [0.4, 0.5) is 10.2 Å². The third-order valence-corrected chi connectivity index (χ3v) is 6.75. The van der Waals surface area contributed by atoms with Gasteiger partial charge in [-0.05, 0) is 83.3 Å². The lowest BCUT2D eigenvalue weighted by Gasteiger charge is -2.21. The van der Waals surface area contributed by atoms with Gasteiger partial charge < -0.3 is 5.32 Å². The van der Waals surface area contributed by atoms with E-state index in [0.29, 0.717) is 23.9 Å². The Kier molecular flexibility index (Phi) is 7.84. The van der Waals surface area contributed by atoms with Crippen LogP contribution >= 0.6 is 22.6 Å². The van der Waals surface area contributed by atoms with Gasteiger partial charge in [0.25, 0.3) is 0 Å². The zero-order valence-electron chi connectivity index (χ0n) is 18.0.